The molecule has 4 heteroatoms. The van der Waals surface area contributed by atoms with Crippen molar-refractivity contribution in [3.05, 3.63) is 77.6 Å². The number of hydrogen-bond donors (Lipinski definition) is 1. The number of halogens is 1. The number of nitrogens with one attached hydrogen (secondary N) is 1. The van der Waals surface area contributed by atoms with Crippen LogP contribution in [0.3, 0.4) is 0 Å². The Morgan fingerprint density at radius 2 is 1.75 bits per heavy atom. The molecule has 1 amide bonds. The van der Waals surface area contributed by atoms with Gasteiger partial charge in [0, 0.05) is 6.21 Å². The molecule has 100 valence electrons. The van der Waals surface area contributed by atoms with Gasteiger partial charge in [0.2, 0.25) is 0 Å². The predicted octanol–water partition coefficient (Wildman–Crippen LogP) is 3.25. The van der Waals surface area contributed by atoms with Crippen molar-refractivity contribution in [2.75, 3.05) is 0 Å². The molecule has 0 aliphatic heterocycles. The van der Waals surface area contributed by atoms with Crippen LogP contribution in [0.1, 0.15) is 15.9 Å². The molecular formula is C16H13FN2O. The summed E-state index contributed by atoms with van der Waals surface area (Å²) in [5, 5.41) is 3.73. The smallest absolute Gasteiger partial charge is 0.267 e. The topological polar surface area (TPSA) is 41.5 Å². The molecule has 2 aromatic carbocycles. The largest absolute Gasteiger partial charge is 0.274 e. The lowest BCUT2D eigenvalue weighted by molar-refractivity contribution is 0.0951. The number of allylic oxidation sites excluding steroid dienone is 1. The summed E-state index contributed by atoms with van der Waals surface area (Å²) in [4.78, 5) is 11.6. The van der Waals surface area contributed by atoms with Crippen LogP contribution in [-0.4, -0.2) is 12.1 Å². The fraction of sp³-hybridized carbons (Fsp3) is 0. The lowest BCUT2D eigenvalue weighted by atomic mass is 10.2. The first-order chi connectivity index (χ1) is 9.77. The number of hydrogen-bond acceptors (Lipinski definition) is 2. The first kappa shape index (κ1) is 13.7. The summed E-state index contributed by atoms with van der Waals surface area (Å²) in [6.45, 7) is 0. The van der Waals surface area contributed by atoms with Gasteiger partial charge in [-0.05, 0) is 23.8 Å². The lowest BCUT2D eigenvalue weighted by Crippen LogP contribution is -2.18. The van der Waals surface area contributed by atoms with Crippen LogP contribution >= 0.6 is 0 Å². The van der Waals surface area contributed by atoms with E-state index in [1.807, 2.05) is 36.4 Å². The van der Waals surface area contributed by atoms with Crippen LogP contribution in [0, 0.1) is 5.82 Å². The number of nitrogens with zero attached hydrogens (tertiary/aromatic N) is 1. The Kier molecular flexibility index (Phi) is 4.78. The maximum Gasteiger partial charge on any atom is 0.274 e. The van der Waals surface area contributed by atoms with Crippen LogP contribution in [-0.2, 0) is 0 Å². The van der Waals surface area contributed by atoms with Gasteiger partial charge in [-0.15, -0.1) is 0 Å². The van der Waals surface area contributed by atoms with Gasteiger partial charge in [-0.25, -0.2) is 9.82 Å². The van der Waals surface area contributed by atoms with E-state index in [9.17, 15) is 9.18 Å². The zero-order valence-electron chi connectivity index (χ0n) is 10.7. The minimum Gasteiger partial charge on any atom is -0.267 e. The Labute approximate surface area is 116 Å². The number of rotatable bonds is 4. The second-order valence-electron chi connectivity index (χ2n) is 3.97. The molecule has 20 heavy (non-hydrogen) atoms. The third-order valence-electron chi connectivity index (χ3n) is 2.53. The van der Waals surface area contributed by atoms with Gasteiger partial charge >= 0.3 is 0 Å². The Hall–Kier alpha value is -2.75. The van der Waals surface area contributed by atoms with E-state index in [-0.39, 0.29) is 5.56 Å². The Morgan fingerprint density at radius 1 is 1.05 bits per heavy atom. The zero-order valence-corrected chi connectivity index (χ0v) is 10.7. The van der Waals surface area contributed by atoms with Crippen LogP contribution in [0.15, 0.2) is 65.8 Å². The fourth-order valence-electron chi connectivity index (χ4n) is 1.56. The zero-order chi connectivity index (χ0) is 14.2. The highest BCUT2D eigenvalue weighted by atomic mass is 19.1. The van der Waals surface area contributed by atoms with Crippen LogP contribution in [0.25, 0.3) is 6.08 Å². The van der Waals surface area contributed by atoms with Crippen molar-refractivity contribution in [2.45, 2.75) is 0 Å². The highest BCUT2D eigenvalue weighted by molar-refractivity contribution is 5.94. The van der Waals surface area contributed by atoms with Gasteiger partial charge in [-0.3, -0.25) is 4.79 Å². The van der Waals surface area contributed by atoms with E-state index in [4.69, 9.17) is 0 Å². The fourth-order valence-corrected chi connectivity index (χ4v) is 1.56. The molecule has 2 aromatic rings. The van der Waals surface area contributed by atoms with Crippen LogP contribution in [0.5, 0.6) is 0 Å². The molecule has 0 bridgehead atoms. The SMILES string of the molecule is O=C(N/N=C\C=C\c1ccccc1)c1ccccc1F. The van der Waals surface area contributed by atoms with Crippen molar-refractivity contribution < 1.29 is 9.18 Å². The van der Waals surface area contributed by atoms with Crippen molar-refractivity contribution in [1.29, 1.82) is 0 Å². The summed E-state index contributed by atoms with van der Waals surface area (Å²) in [7, 11) is 0. The molecule has 0 aliphatic rings. The molecule has 0 radical (unpaired) electrons. The summed E-state index contributed by atoms with van der Waals surface area (Å²) >= 11 is 0. The van der Waals surface area contributed by atoms with Gasteiger partial charge in [-0.1, -0.05) is 48.5 Å². The molecule has 1 N–H and O–H groups in total. The molecule has 0 atom stereocenters. The lowest BCUT2D eigenvalue weighted by Gasteiger charge is -1.99. The molecule has 0 heterocycles. The highest BCUT2D eigenvalue weighted by Gasteiger charge is 2.08. The van der Waals surface area contributed by atoms with Crippen LogP contribution in [0.4, 0.5) is 4.39 Å². The van der Waals surface area contributed by atoms with Gasteiger partial charge in [0.15, 0.2) is 0 Å². The van der Waals surface area contributed by atoms with E-state index < -0.39 is 11.7 Å². The maximum absolute atomic E-state index is 13.3. The average Bonchev–Trinajstić information content (AvgIpc) is 2.48. The normalized spacial score (nSPS) is 11.1. The summed E-state index contributed by atoms with van der Waals surface area (Å²) in [5.41, 5.74) is 3.26. The van der Waals surface area contributed by atoms with Gasteiger partial charge in [0.05, 0.1) is 5.56 Å². The van der Waals surface area contributed by atoms with E-state index in [1.165, 1.54) is 24.4 Å². The number of hydrazone groups is 1. The van der Waals surface area contributed by atoms with Gasteiger partial charge < -0.3 is 0 Å². The van der Waals surface area contributed by atoms with Gasteiger partial charge in [0.25, 0.3) is 5.91 Å². The summed E-state index contributed by atoms with van der Waals surface area (Å²) in [6, 6.07) is 15.4. The van der Waals surface area contributed by atoms with Crippen LogP contribution < -0.4 is 5.43 Å². The summed E-state index contributed by atoms with van der Waals surface area (Å²) in [5.74, 6) is -1.15. The third-order valence-corrected chi connectivity index (χ3v) is 2.53. The quantitative estimate of drug-likeness (QED) is 0.671. The second kappa shape index (κ2) is 6.99. The highest BCUT2D eigenvalue weighted by Crippen LogP contribution is 2.05. The molecule has 0 fully saturated rings. The Balaban J connectivity index is 1.89. The standard InChI is InChI=1S/C16H13FN2O/c17-15-11-5-4-10-14(15)16(20)19-18-12-6-9-13-7-2-1-3-8-13/h1-12H,(H,19,20)/b9-6+,18-12-. The Bertz CT molecular complexity index is 636. The van der Waals surface area contributed by atoms with E-state index in [2.05, 4.69) is 10.5 Å². The number of benzene rings is 2. The van der Waals surface area contributed by atoms with Crippen molar-refractivity contribution >= 4 is 18.2 Å². The molecule has 0 unspecified atom stereocenters. The minimum atomic E-state index is -0.576. The molecule has 3 nitrogen and oxygen atoms in total. The third kappa shape index (κ3) is 3.88. The van der Waals surface area contributed by atoms with E-state index >= 15 is 0 Å². The predicted molar refractivity (Wildman–Crippen MR) is 77.8 cm³/mol. The van der Waals surface area contributed by atoms with Crippen molar-refractivity contribution in [3.8, 4) is 0 Å². The van der Waals surface area contributed by atoms with Crippen LogP contribution in [0.2, 0.25) is 0 Å². The first-order valence-corrected chi connectivity index (χ1v) is 6.07. The number of amides is 1. The van der Waals surface area contributed by atoms with E-state index in [0.717, 1.165) is 5.56 Å². The minimum absolute atomic E-state index is 0.0308. The van der Waals surface area contributed by atoms with E-state index in [0.29, 0.717) is 0 Å². The monoisotopic (exact) mass is 268 g/mol. The van der Waals surface area contributed by atoms with Crippen molar-refractivity contribution in [1.82, 2.24) is 5.43 Å². The number of carbonyl (C=O) groups excluding carboxylic acids is 1. The molecule has 2 rings (SSSR count). The first-order valence-electron chi connectivity index (χ1n) is 6.07. The van der Waals surface area contributed by atoms with E-state index in [1.54, 1.807) is 12.1 Å². The second-order valence-corrected chi connectivity index (χ2v) is 3.97. The molecule has 0 aromatic heterocycles. The maximum atomic E-state index is 13.3. The summed E-state index contributed by atoms with van der Waals surface area (Å²) in [6.07, 6.45) is 4.97. The molecule has 0 aliphatic carbocycles. The number of carbonyl (C=O) groups is 1. The Morgan fingerprint density at radius 3 is 2.50 bits per heavy atom. The molecular weight excluding hydrogens is 255 g/mol. The molecule has 0 saturated carbocycles. The molecule has 0 saturated heterocycles. The summed E-state index contributed by atoms with van der Waals surface area (Å²) < 4.78 is 13.3. The molecule has 0 spiro atoms. The van der Waals surface area contributed by atoms with Gasteiger partial charge in [0.1, 0.15) is 5.82 Å². The van der Waals surface area contributed by atoms with Crippen molar-refractivity contribution in [2.24, 2.45) is 5.10 Å². The van der Waals surface area contributed by atoms with Gasteiger partial charge in [-0.2, -0.15) is 5.10 Å². The van der Waals surface area contributed by atoms with Crippen molar-refractivity contribution in [3.63, 3.8) is 0 Å². The average molecular weight is 268 g/mol.